The molecular formula is C24H24N2O2. The van der Waals surface area contributed by atoms with Crippen molar-refractivity contribution in [1.29, 1.82) is 0 Å². The summed E-state index contributed by atoms with van der Waals surface area (Å²) in [5, 5.41) is 20.5. The Balaban J connectivity index is 1.95. The Labute approximate surface area is 165 Å². The zero-order valence-corrected chi connectivity index (χ0v) is 16.6. The molecule has 3 rings (SSSR count). The van der Waals surface area contributed by atoms with Gasteiger partial charge in [-0.3, -0.25) is 9.98 Å². The van der Waals surface area contributed by atoms with Gasteiger partial charge in [0.25, 0.3) is 0 Å². The highest BCUT2D eigenvalue weighted by molar-refractivity contribution is 5.90. The van der Waals surface area contributed by atoms with E-state index in [-0.39, 0.29) is 11.5 Å². The summed E-state index contributed by atoms with van der Waals surface area (Å²) in [4.78, 5) is 9.06. The maximum atomic E-state index is 10.3. The molecule has 0 atom stereocenters. The third kappa shape index (κ3) is 4.29. The van der Waals surface area contributed by atoms with Gasteiger partial charge < -0.3 is 10.2 Å². The molecule has 0 radical (unpaired) electrons. The van der Waals surface area contributed by atoms with Gasteiger partial charge in [0.05, 0.1) is 11.4 Å². The van der Waals surface area contributed by atoms with E-state index in [1.165, 1.54) is 0 Å². The van der Waals surface area contributed by atoms with Gasteiger partial charge in [0.15, 0.2) is 0 Å². The van der Waals surface area contributed by atoms with Gasteiger partial charge in [-0.25, -0.2) is 0 Å². The zero-order chi connectivity index (χ0) is 20.3. The van der Waals surface area contributed by atoms with Gasteiger partial charge in [0.2, 0.25) is 0 Å². The first kappa shape index (κ1) is 19.4. The smallest absolute Gasteiger partial charge is 0.127 e. The van der Waals surface area contributed by atoms with E-state index in [9.17, 15) is 10.2 Å². The molecular weight excluding hydrogens is 348 g/mol. The predicted octanol–water partition coefficient (Wildman–Crippen LogP) is 5.83. The second kappa shape index (κ2) is 8.09. The highest BCUT2D eigenvalue weighted by Crippen LogP contribution is 2.30. The Hall–Kier alpha value is -3.40. The quantitative estimate of drug-likeness (QED) is 0.566. The zero-order valence-electron chi connectivity index (χ0n) is 16.6. The van der Waals surface area contributed by atoms with Crippen molar-refractivity contribution < 1.29 is 10.2 Å². The minimum Gasteiger partial charge on any atom is -0.507 e. The second-order valence-corrected chi connectivity index (χ2v) is 7.04. The van der Waals surface area contributed by atoms with Crippen molar-refractivity contribution in [2.45, 2.75) is 27.7 Å². The number of benzene rings is 3. The average Bonchev–Trinajstić information content (AvgIpc) is 2.65. The molecule has 4 nitrogen and oxygen atoms in total. The molecule has 4 heteroatoms. The molecule has 0 amide bonds. The maximum Gasteiger partial charge on any atom is 0.127 e. The fourth-order valence-corrected chi connectivity index (χ4v) is 3.14. The van der Waals surface area contributed by atoms with Crippen molar-refractivity contribution in [2.75, 3.05) is 0 Å². The summed E-state index contributed by atoms with van der Waals surface area (Å²) in [6.07, 6.45) is 3.30. The Bertz CT molecular complexity index is 996. The van der Waals surface area contributed by atoms with Crippen molar-refractivity contribution in [1.82, 2.24) is 0 Å². The number of phenols is 2. The topological polar surface area (TPSA) is 65.2 Å². The van der Waals surface area contributed by atoms with E-state index in [1.807, 2.05) is 76.2 Å². The van der Waals surface area contributed by atoms with Crippen molar-refractivity contribution >= 4 is 23.8 Å². The van der Waals surface area contributed by atoms with E-state index in [0.29, 0.717) is 22.5 Å². The summed E-state index contributed by atoms with van der Waals surface area (Å²) in [6, 6.07) is 15.2. The van der Waals surface area contributed by atoms with Gasteiger partial charge in [-0.05, 0) is 74.2 Å². The number of nitrogens with zero attached hydrogens (tertiary/aromatic N) is 2. The minimum absolute atomic E-state index is 0.232. The van der Waals surface area contributed by atoms with Crippen LogP contribution in [0.1, 0.15) is 33.4 Å². The van der Waals surface area contributed by atoms with E-state index in [1.54, 1.807) is 12.4 Å². The molecule has 0 aliphatic rings. The molecule has 0 spiro atoms. The number of phenolic OH excluding ortho intramolecular Hbond substituents is 2. The fraction of sp³-hybridized carbons (Fsp3) is 0.167. The normalized spacial score (nSPS) is 11.6. The van der Waals surface area contributed by atoms with Gasteiger partial charge >= 0.3 is 0 Å². The molecule has 0 fully saturated rings. The Morgan fingerprint density at radius 2 is 1.04 bits per heavy atom. The summed E-state index contributed by atoms with van der Waals surface area (Å²) < 4.78 is 0. The first-order valence-corrected chi connectivity index (χ1v) is 9.12. The largest absolute Gasteiger partial charge is 0.507 e. The van der Waals surface area contributed by atoms with Crippen LogP contribution in [0.4, 0.5) is 11.4 Å². The van der Waals surface area contributed by atoms with E-state index in [2.05, 4.69) is 9.98 Å². The number of hydrogen-bond acceptors (Lipinski definition) is 4. The molecule has 2 N–H and O–H groups in total. The second-order valence-electron chi connectivity index (χ2n) is 7.04. The first-order chi connectivity index (χ1) is 13.3. The number of aryl methyl sites for hydroxylation is 4. The first-order valence-electron chi connectivity index (χ1n) is 9.12. The molecule has 28 heavy (non-hydrogen) atoms. The summed E-state index contributed by atoms with van der Waals surface area (Å²) in [5.74, 6) is 0.464. The van der Waals surface area contributed by atoms with E-state index >= 15 is 0 Å². The molecule has 0 aromatic heterocycles. The van der Waals surface area contributed by atoms with Gasteiger partial charge in [-0.15, -0.1) is 0 Å². The van der Waals surface area contributed by atoms with Crippen LogP contribution in [0, 0.1) is 27.7 Å². The molecule has 3 aromatic carbocycles. The van der Waals surface area contributed by atoms with Gasteiger partial charge in [-0.2, -0.15) is 0 Å². The van der Waals surface area contributed by atoms with Crippen LogP contribution in [0.25, 0.3) is 0 Å². The molecule has 0 saturated heterocycles. The van der Waals surface area contributed by atoms with E-state index in [0.717, 1.165) is 22.3 Å². The highest BCUT2D eigenvalue weighted by atomic mass is 16.3. The van der Waals surface area contributed by atoms with Crippen LogP contribution >= 0.6 is 0 Å². The average molecular weight is 372 g/mol. The van der Waals surface area contributed by atoms with Crippen LogP contribution < -0.4 is 0 Å². The lowest BCUT2D eigenvalue weighted by atomic mass is 10.1. The van der Waals surface area contributed by atoms with Crippen LogP contribution in [0.2, 0.25) is 0 Å². The fourth-order valence-electron chi connectivity index (χ4n) is 3.14. The monoisotopic (exact) mass is 372 g/mol. The number of aliphatic imine (C=N–C) groups is 2. The molecule has 0 aliphatic carbocycles. The number of hydrogen-bond donors (Lipinski definition) is 2. The van der Waals surface area contributed by atoms with Crippen LogP contribution in [-0.2, 0) is 0 Å². The lowest BCUT2D eigenvalue weighted by Crippen LogP contribution is -1.88. The van der Waals surface area contributed by atoms with Crippen LogP contribution in [-0.4, -0.2) is 22.6 Å². The Kier molecular flexibility index (Phi) is 5.59. The minimum atomic E-state index is 0.232. The third-order valence-corrected chi connectivity index (χ3v) is 4.52. The summed E-state index contributed by atoms with van der Waals surface area (Å²) >= 11 is 0. The van der Waals surface area contributed by atoms with Crippen molar-refractivity contribution in [2.24, 2.45) is 9.98 Å². The molecule has 0 saturated carbocycles. The van der Waals surface area contributed by atoms with Crippen molar-refractivity contribution in [3.8, 4) is 11.5 Å². The summed E-state index contributed by atoms with van der Waals surface area (Å²) in [5.41, 5.74) is 6.46. The summed E-state index contributed by atoms with van der Waals surface area (Å²) in [6.45, 7) is 7.71. The van der Waals surface area contributed by atoms with Crippen LogP contribution in [0.5, 0.6) is 11.5 Å². The van der Waals surface area contributed by atoms with Crippen LogP contribution in [0.15, 0.2) is 58.5 Å². The predicted molar refractivity (Wildman–Crippen MR) is 116 cm³/mol. The molecule has 3 aromatic rings. The standard InChI is InChI=1S/C24H24N2O2/c1-15-9-17(3)23(27)19(11-15)13-25-21-7-5-6-8-22(21)26-14-20-12-16(2)10-18(4)24(20)28/h5-14,27-28H,1-4H3. The van der Waals surface area contributed by atoms with Crippen molar-refractivity contribution in [3.63, 3.8) is 0 Å². The lowest BCUT2D eigenvalue weighted by molar-refractivity contribution is 0.469. The Morgan fingerprint density at radius 3 is 1.43 bits per heavy atom. The van der Waals surface area contributed by atoms with E-state index in [4.69, 9.17) is 0 Å². The number of aromatic hydroxyl groups is 2. The molecule has 142 valence electrons. The third-order valence-electron chi connectivity index (χ3n) is 4.52. The number of para-hydroxylation sites is 2. The maximum absolute atomic E-state index is 10.3. The molecule has 0 heterocycles. The van der Waals surface area contributed by atoms with Gasteiger partial charge in [-0.1, -0.05) is 24.3 Å². The van der Waals surface area contributed by atoms with E-state index < -0.39 is 0 Å². The highest BCUT2D eigenvalue weighted by Gasteiger charge is 2.06. The van der Waals surface area contributed by atoms with Gasteiger partial charge in [0.1, 0.15) is 11.5 Å². The SMILES string of the molecule is Cc1cc(C)c(O)c(C=Nc2ccccc2N=Cc2cc(C)cc(C)c2O)c1. The molecule has 0 bridgehead atoms. The Morgan fingerprint density at radius 1 is 0.643 bits per heavy atom. The van der Waals surface area contributed by atoms with Crippen LogP contribution in [0.3, 0.4) is 0 Å². The van der Waals surface area contributed by atoms with Gasteiger partial charge in [0, 0.05) is 23.6 Å². The summed E-state index contributed by atoms with van der Waals surface area (Å²) in [7, 11) is 0. The molecule has 0 unspecified atom stereocenters. The molecule has 0 aliphatic heterocycles. The van der Waals surface area contributed by atoms with Crippen molar-refractivity contribution in [3.05, 3.63) is 81.9 Å². The lowest BCUT2D eigenvalue weighted by Gasteiger charge is -2.06. The number of rotatable bonds is 4.